The first kappa shape index (κ1) is 12.0. The van der Waals surface area contributed by atoms with E-state index < -0.39 is 0 Å². The number of methoxy groups -OCH3 is 1. The summed E-state index contributed by atoms with van der Waals surface area (Å²) < 4.78 is 5.16. The summed E-state index contributed by atoms with van der Waals surface area (Å²) in [7, 11) is 1.77. The van der Waals surface area contributed by atoms with Crippen LogP contribution in [0.25, 0.3) is 0 Å². The highest BCUT2D eigenvalue weighted by Gasteiger charge is 2.26. The molecule has 0 saturated carbocycles. The third-order valence-electron chi connectivity index (χ3n) is 3.03. The van der Waals surface area contributed by atoms with Gasteiger partial charge in [-0.25, -0.2) is 0 Å². The third-order valence-corrected chi connectivity index (χ3v) is 3.03. The van der Waals surface area contributed by atoms with E-state index in [1.807, 2.05) is 6.92 Å². The Morgan fingerprint density at radius 2 is 2.21 bits per heavy atom. The minimum absolute atomic E-state index is 0.188. The molecule has 0 aromatic carbocycles. The second-order valence-electron chi connectivity index (χ2n) is 4.54. The molecule has 0 radical (unpaired) electrons. The Kier molecular flexibility index (Phi) is 4.85. The number of nitrogens with zero attached hydrogens (tertiary/aromatic N) is 1. The van der Waals surface area contributed by atoms with Gasteiger partial charge in [0.2, 0.25) is 0 Å². The van der Waals surface area contributed by atoms with Gasteiger partial charge in [0.15, 0.2) is 0 Å². The van der Waals surface area contributed by atoms with E-state index in [0.717, 1.165) is 26.1 Å². The quantitative estimate of drug-likeness (QED) is 0.723. The summed E-state index contributed by atoms with van der Waals surface area (Å²) in [4.78, 5) is 2.45. The average Bonchev–Trinajstić information content (AvgIpc) is 2.52. The van der Waals surface area contributed by atoms with E-state index in [0.29, 0.717) is 12.0 Å². The zero-order valence-corrected chi connectivity index (χ0v) is 9.57. The highest BCUT2D eigenvalue weighted by molar-refractivity contribution is 4.80. The molecule has 0 aliphatic carbocycles. The van der Waals surface area contributed by atoms with Crippen molar-refractivity contribution in [2.24, 2.45) is 5.92 Å². The molecular formula is C11H23NO2. The normalized spacial score (nSPS) is 27.9. The van der Waals surface area contributed by atoms with Gasteiger partial charge in [-0.3, -0.25) is 0 Å². The van der Waals surface area contributed by atoms with Crippen LogP contribution in [0.3, 0.4) is 0 Å². The van der Waals surface area contributed by atoms with Gasteiger partial charge in [-0.15, -0.1) is 0 Å². The molecule has 1 aliphatic rings. The Bertz CT molecular complexity index is 161. The molecule has 1 aliphatic heterocycles. The highest BCUT2D eigenvalue weighted by Crippen LogP contribution is 2.20. The van der Waals surface area contributed by atoms with Crippen molar-refractivity contribution >= 4 is 0 Å². The maximum Gasteiger partial charge on any atom is 0.0526 e. The summed E-state index contributed by atoms with van der Waals surface area (Å²) in [5, 5.41) is 9.30. The van der Waals surface area contributed by atoms with Crippen molar-refractivity contribution in [1.82, 2.24) is 4.90 Å². The van der Waals surface area contributed by atoms with E-state index in [1.54, 1.807) is 7.11 Å². The third kappa shape index (κ3) is 3.56. The SMILES string of the molecule is COCC1CCN(C(C)CC(C)O)C1. The number of aliphatic hydroxyl groups excluding tert-OH is 1. The van der Waals surface area contributed by atoms with Gasteiger partial charge >= 0.3 is 0 Å². The lowest BCUT2D eigenvalue weighted by Crippen LogP contribution is -2.33. The van der Waals surface area contributed by atoms with Gasteiger partial charge in [-0.1, -0.05) is 0 Å². The molecule has 14 heavy (non-hydrogen) atoms. The fourth-order valence-corrected chi connectivity index (χ4v) is 2.28. The zero-order chi connectivity index (χ0) is 10.6. The number of likely N-dealkylation sites (tertiary alicyclic amines) is 1. The smallest absolute Gasteiger partial charge is 0.0526 e. The number of ether oxygens (including phenoxy) is 1. The number of rotatable bonds is 5. The first-order valence-electron chi connectivity index (χ1n) is 5.54. The summed E-state index contributed by atoms with van der Waals surface area (Å²) in [5.41, 5.74) is 0. The van der Waals surface area contributed by atoms with Gasteiger partial charge < -0.3 is 14.7 Å². The molecule has 3 nitrogen and oxygen atoms in total. The molecule has 1 saturated heterocycles. The standard InChI is InChI=1S/C11H23NO2/c1-9(6-10(2)13)12-5-4-11(7-12)8-14-3/h9-11,13H,4-8H2,1-3H3. The minimum atomic E-state index is -0.188. The van der Waals surface area contributed by atoms with E-state index in [-0.39, 0.29) is 6.10 Å². The predicted molar refractivity (Wildman–Crippen MR) is 57.3 cm³/mol. The second kappa shape index (κ2) is 5.69. The molecule has 0 aromatic heterocycles. The summed E-state index contributed by atoms with van der Waals surface area (Å²) in [6.07, 6.45) is 1.92. The number of aliphatic hydroxyl groups is 1. The fraction of sp³-hybridized carbons (Fsp3) is 1.00. The molecule has 0 spiro atoms. The summed E-state index contributed by atoms with van der Waals surface area (Å²) >= 11 is 0. The summed E-state index contributed by atoms with van der Waals surface area (Å²) in [5.74, 6) is 0.691. The lowest BCUT2D eigenvalue weighted by molar-refractivity contribution is 0.121. The molecule has 1 fully saturated rings. The zero-order valence-electron chi connectivity index (χ0n) is 9.57. The Balaban J connectivity index is 2.26. The maximum absolute atomic E-state index is 9.30. The summed E-state index contributed by atoms with van der Waals surface area (Å²) in [6.45, 7) is 7.21. The van der Waals surface area contributed by atoms with E-state index in [4.69, 9.17) is 4.74 Å². The van der Waals surface area contributed by atoms with Crippen molar-refractivity contribution in [3.8, 4) is 0 Å². The summed E-state index contributed by atoms with van der Waals surface area (Å²) in [6, 6.07) is 0.497. The van der Waals surface area contributed by atoms with Crippen LogP contribution in [0.2, 0.25) is 0 Å². The first-order chi connectivity index (χ1) is 6.63. The van der Waals surface area contributed by atoms with Gasteiger partial charge in [0.25, 0.3) is 0 Å². The molecule has 1 N–H and O–H groups in total. The van der Waals surface area contributed by atoms with E-state index in [1.165, 1.54) is 6.42 Å². The topological polar surface area (TPSA) is 32.7 Å². The van der Waals surface area contributed by atoms with Crippen molar-refractivity contribution in [2.75, 3.05) is 26.8 Å². The van der Waals surface area contributed by atoms with Crippen molar-refractivity contribution < 1.29 is 9.84 Å². The lowest BCUT2D eigenvalue weighted by atomic mass is 10.1. The molecular weight excluding hydrogens is 178 g/mol. The molecule has 0 amide bonds. The monoisotopic (exact) mass is 201 g/mol. The van der Waals surface area contributed by atoms with Crippen LogP contribution in [0.15, 0.2) is 0 Å². The van der Waals surface area contributed by atoms with Crippen LogP contribution >= 0.6 is 0 Å². The highest BCUT2D eigenvalue weighted by atomic mass is 16.5. The van der Waals surface area contributed by atoms with E-state index in [9.17, 15) is 5.11 Å². The Labute approximate surface area is 87.1 Å². The van der Waals surface area contributed by atoms with Crippen molar-refractivity contribution in [3.05, 3.63) is 0 Å². The van der Waals surface area contributed by atoms with Crippen LogP contribution in [0, 0.1) is 5.92 Å². The number of hydrogen-bond donors (Lipinski definition) is 1. The average molecular weight is 201 g/mol. The van der Waals surface area contributed by atoms with Crippen LogP contribution < -0.4 is 0 Å². The molecule has 3 heteroatoms. The first-order valence-corrected chi connectivity index (χ1v) is 5.54. The minimum Gasteiger partial charge on any atom is -0.393 e. The lowest BCUT2D eigenvalue weighted by Gasteiger charge is -2.25. The molecule has 0 bridgehead atoms. The maximum atomic E-state index is 9.30. The van der Waals surface area contributed by atoms with Crippen LogP contribution in [0.1, 0.15) is 26.7 Å². The molecule has 3 unspecified atom stereocenters. The van der Waals surface area contributed by atoms with Crippen LogP contribution in [0.5, 0.6) is 0 Å². The number of hydrogen-bond acceptors (Lipinski definition) is 3. The van der Waals surface area contributed by atoms with Crippen molar-refractivity contribution in [2.45, 2.75) is 38.8 Å². The van der Waals surface area contributed by atoms with Crippen LogP contribution in [0.4, 0.5) is 0 Å². The predicted octanol–water partition coefficient (Wildman–Crippen LogP) is 1.11. The Morgan fingerprint density at radius 1 is 1.50 bits per heavy atom. The van der Waals surface area contributed by atoms with Crippen molar-refractivity contribution in [3.63, 3.8) is 0 Å². The van der Waals surface area contributed by atoms with Gasteiger partial charge in [0, 0.05) is 19.7 Å². The largest absolute Gasteiger partial charge is 0.393 e. The second-order valence-corrected chi connectivity index (χ2v) is 4.54. The van der Waals surface area contributed by atoms with E-state index >= 15 is 0 Å². The molecule has 0 aromatic rings. The molecule has 1 heterocycles. The van der Waals surface area contributed by atoms with Gasteiger partial charge in [0.1, 0.15) is 0 Å². The molecule has 84 valence electrons. The fourth-order valence-electron chi connectivity index (χ4n) is 2.28. The van der Waals surface area contributed by atoms with Gasteiger partial charge in [0.05, 0.1) is 12.7 Å². The molecule has 3 atom stereocenters. The Hall–Kier alpha value is -0.120. The van der Waals surface area contributed by atoms with Crippen LogP contribution in [-0.2, 0) is 4.74 Å². The van der Waals surface area contributed by atoms with Crippen LogP contribution in [-0.4, -0.2) is 49.0 Å². The van der Waals surface area contributed by atoms with Gasteiger partial charge in [-0.2, -0.15) is 0 Å². The van der Waals surface area contributed by atoms with E-state index in [2.05, 4.69) is 11.8 Å². The van der Waals surface area contributed by atoms with Gasteiger partial charge in [-0.05, 0) is 39.2 Å². The Morgan fingerprint density at radius 3 is 2.79 bits per heavy atom. The van der Waals surface area contributed by atoms with Crippen molar-refractivity contribution in [1.29, 1.82) is 0 Å². The molecule has 1 rings (SSSR count).